The fourth-order valence-corrected chi connectivity index (χ4v) is 3.75. The van der Waals surface area contributed by atoms with Crippen LogP contribution in [0.5, 0.6) is 5.75 Å². The largest absolute Gasteiger partial charge is 0.491 e. The van der Waals surface area contributed by atoms with Crippen LogP contribution in [-0.4, -0.2) is 37.9 Å². The molecule has 3 aromatic heterocycles. The number of rotatable bonds is 7. The van der Waals surface area contributed by atoms with E-state index in [1.807, 2.05) is 0 Å². The second-order valence-electron chi connectivity index (χ2n) is 8.19. The van der Waals surface area contributed by atoms with Gasteiger partial charge in [-0.15, -0.1) is 0 Å². The Balaban J connectivity index is 1.54. The predicted molar refractivity (Wildman–Crippen MR) is 132 cm³/mol. The summed E-state index contributed by atoms with van der Waals surface area (Å²) in [5, 5.41) is 8.30. The summed E-state index contributed by atoms with van der Waals surface area (Å²) in [6, 6.07) is 3.49. The lowest BCUT2D eigenvalue weighted by Crippen LogP contribution is -2.26. The number of H-pyrrole nitrogens is 1. The molecule has 1 unspecified atom stereocenters. The van der Waals surface area contributed by atoms with Gasteiger partial charge in [0.1, 0.15) is 11.4 Å². The first-order chi connectivity index (χ1) is 18.0. The molecule has 0 amide bonds. The molecule has 198 valence electrons. The van der Waals surface area contributed by atoms with E-state index >= 15 is 0 Å². The first-order valence-electron chi connectivity index (χ1n) is 11.1. The second kappa shape index (κ2) is 10.3. The monoisotopic (exact) mass is 531 g/mol. The highest BCUT2D eigenvalue weighted by molar-refractivity contribution is 5.86. The third-order valence-corrected chi connectivity index (χ3v) is 5.56. The molecule has 0 saturated heterocycles. The molecule has 1 atom stereocenters. The lowest BCUT2D eigenvalue weighted by molar-refractivity contribution is -0.138. The fourth-order valence-electron chi connectivity index (χ4n) is 3.75. The Morgan fingerprint density at radius 2 is 2.03 bits per heavy atom. The van der Waals surface area contributed by atoms with Gasteiger partial charge in [0, 0.05) is 18.8 Å². The smallest absolute Gasteiger partial charge is 0.423 e. The molecule has 0 aliphatic carbocycles. The first kappa shape index (κ1) is 26.3. The SMILES string of the molecule is COc1cnc(-c2cc3ccn(CC=CC(C)Nc4cn[nH]c(=O)c4C(F)(F)F)c(=O)c3cc2F)nc1N. The molecular formula is C24H21F4N7O3. The van der Waals surface area contributed by atoms with Crippen LogP contribution in [0.15, 0.2) is 58.5 Å². The lowest BCUT2D eigenvalue weighted by Gasteiger charge is -2.15. The number of aromatic nitrogens is 5. The number of nitrogen functional groups attached to an aromatic ring is 1. The van der Waals surface area contributed by atoms with Gasteiger partial charge in [-0.1, -0.05) is 12.2 Å². The van der Waals surface area contributed by atoms with Crippen LogP contribution in [0, 0.1) is 5.82 Å². The number of anilines is 2. The van der Waals surface area contributed by atoms with Crippen LogP contribution < -0.4 is 26.9 Å². The highest BCUT2D eigenvalue weighted by Gasteiger charge is 2.37. The Bertz CT molecular complexity index is 1650. The van der Waals surface area contributed by atoms with Crippen molar-refractivity contribution in [1.82, 2.24) is 24.7 Å². The molecule has 0 fully saturated rings. The number of alkyl halides is 3. The molecule has 38 heavy (non-hydrogen) atoms. The molecule has 3 heterocycles. The number of aromatic amines is 1. The topological polar surface area (TPSA) is 141 Å². The molecule has 0 bridgehead atoms. The number of nitrogens with zero attached hydrogens (tertiary/aromatic N) is 4. The molecule has 0 radical (unpaired) electrons. The molecule has 1 aromatic carbocycles. The molecule has 0 spiro atoms. The molecule has 10 nitrogen and oxygen atoms in total. The number of hydrogen-bond donors (Lipinski definition) is 3. The van der Waals surface area contributed by atoms with Gasteiger partial charge in [0.2, 0.25) is 0 Å². The summed E-state index contributed by atoms with van der Waals surface area (Å²) in [5.74, 6) is -0.420. The van der Waals surface area contributed by atoms with Gasteiger partial charge in [-0.2, -0.15) is 18.3 Å². The van der Waals surface area contributed by atoms with Gasteiger partial charge in [0.05, 0.1) is 36.1 Å². The normalized spacial score (nSPS) is 12.7. The van der Waals surface area contributed by atoms with Crippen molar-refractivity contribution >= 4 is 22.3 Å². The van der Waals surface area contributed by atoms with Crippen molar-refractivity contribution in [1.29, 1.82) is 0 Å². The minimum Gasteiger partial charge on any atom is -0.491 e. The van der Waals surface area contributed by atoms with Gasteiger partial charge in [-0.05, 0) is 30.5 Å². The van der Waals surface area contributed by atoms with Crippen molar-refractivity contribution in [3.05, 3.63) is 81.0 Å². The molecule has 0 saturated carbocycles. The maximum atomic E-state index is 14.9. The van der Waals surface area contributed by atoms with E-state index in [2.05, 4.69) is 20.4 Å². The van der Waals surface area contributed by atoms with E-state index in [0.29, 0.717) is 5.39 Å². The summed E-state index contributed by atoms with van der Waals surface area (Å²) in [5.41, 5.74) is 2.14. The van der Waals surface area contributed by atoms with E-state index in [-0.39, 0.29) is 34.9 Å². The van der Waals surface area contributed by atoms with Crippen LogP contribution >= 0.6 is 0 Å². The highest BCUT2D eigenvalue weighted by atomic mass is 19.4. The summed E-state index contributed by atoms with van der Waals surface area (Å²) in [7, 11) is 1.40. The summed E-state index contributed by atoms with van der Waals surface area (Å²) in [6.45, 7) is 1.62. The van der Waals surface area contributed by atoms with Crippen LogP contribution in [0.25, 0.3) is 22.2 Å². The molecule has 4 N–H and O–H groups in total. The predicted octanol–water partition coefficient (Wildman–Crippen LogP) is 3.35. The maximum absolute atomic E-state index is 14.9. The fraction of sp³-hybridized carbons (Fsp3) is 0.208. The van der Waals surface area contributed by atoms with E-state index in [1.165, 1.54) is 36.2 Å². The number of allylic oxidation sites excluding steroid dienone is 1. The lowest BCUT2D eigenvalue weighted by atomic mass is 10.1. The zero-order valence-corrected chi connectivity index (χ0v) is 20.0. The van der Waals surface area contributed by atoms with Crippen LogP contribution in [0.2, 0.25) is 0 Å². The Hall–Kier alpha value is -4.75. The summed E-state index contributed by atoms with van der Waals surface area (Å²) >= 11 is 0. The van der Waals surface area contributed by atoms with Crippen LogP contribution in [0.3, 0.4) is 0 Å². The summed E-state index contributed by atoms with van der Waals surface area (Å²) in [4.78, 5) is 32.6. The van der Waals surface area contributed by atoms with Gasteiger partial charge >= 0.3 is 6.18 Å². The molecule has 4 rings (SSSR count). The van der Waals surface area contributed by atoms with Crippen LogP contribution in [0.4, 0.5) is 29.1 Å². The Morgan fingerprint density at radius 3 is 2.71 bits per heavy atom. The van der Waals surface area contributed by atoms with Crippen molar-refractivity contribution < 1.29 is 22.3 Å². The Kier molecular flexibility index (Phi) is 7.15. The molecule has 4 aromatic rings. The van der Waals surface area contributed by atoms with E-state index in [4.69, 9.17) is 10.5 Å². The average molecular weight is 531 g/mol. The molecule has 14 heteroatoms. The van der Waals surface area contributed by atoms with E-state index in [1.54, 1.807) is 24.2 Å². The summed E-state index contributed by atoms with van der Waals surface area (Å²) in [6.07, 6.45) is 1.89. The zero-order chi connectivity index (χ0) is 27.6. The molecule has 0 aliphatic heterocycles. The van der Waals surface area contributed by atoms with Gasteiger partial charge in [0.25, 0.3) is 11.1 Å². The van der Waals surface area contributed by atoms with Crippen molar-refractivity contribution in [2.45, 2.75) is 25.7 Å². The van der Waals surface area contributed by atoms with Crippen molar-refractivity contribution in [2.24, 2.45) is 0 Å². The average Bonchev–Trinajstić information content (AvgIpc) is 2.84. The Labute approximate surface area is 211 Å². The first-order valence-corrected chi connectivity index (χ1v) is 11.1. The number of methoxy groups -OCH3 is 1. The quantitative estimate of drug-likeness (QED) is 0.244. The van der Waals surface area contributed by atoms with Crippen molar-refractivity contribution in [2.75, 3.05) is 18.2 Å². The zero-order valence-electron chi connectivity index (χ0n) is 20.0. The van der Waals surface area contributed by atoms with E-state index in [0.717, 1.165) is 12.3 Å². The maximum Gasteiger partial charge on any atom is 0.423 e. The van der Waals surface area contributed by atoms with Gasteiger partial charge in [-0.25, -0.2) is 19.5 Å². The van der Waals surface area contributed by atoms with Gasteiger partial charge < -0.3 is 20.4 Å². The number of nitrogens with one attached hydrogen (secondary N) is 2. The number of benzene rings is 1. The standard InChI is InChI=1S/C24H21F4N7O3/c1-12(32-17-10-31-34-22(36)19(17)24(26,27)28)4-3-6-35-7-5-13-8-15(16(25)9-14(13)23(35)37)21-30-11-18(38-2)20(29)33-21/h3-5,7-12H,6H2,1-2H3,(H2,29,30,33)(H2,32,34,36). The third-order valence-electron chi connectivity index (χ3n) is 5.56. The van der Waals surface area contributed by atoms with Crippen LogP contribution in [0.1, 0.15) is 12.5 Å². The Morgan fingerprint density at radius 1 is 1.26 bits per heavy atom. The number of pyridine rings is 1. The molecule has 0 aliphatic rings. The third kappa shape index (κ3) is 5.33. The number of fused-ring (bicyclic) bond motifs is 1. The van der Waals surface area contributed by atoms with Crippen molar-refractivity contribution in [3.63, 3.8) is 0 Å². The number of hydrogen-bond acceptors (Lipinski definition) is 8. The number of nitrogens with two attached hydrogens (primary N) is 1. The highest BCUT2D eigenvalue weighted by Crippen LogP contribution is 2.31. The van der Waals surface area contributed by atoms with Crippen LogP contribution in [-0.2, 0) is 12.7 Å². The number of halogens is 4. The minimum atomic E-state index is -4.87. The minimum absolute atomic E-state index is 0.0283. The molecular weight excluding hydrogens is 510 g/mol. The summed E-state index contributed by atoms with van der Waals surface area (Å²) < 4.78 is 60.9. The number of ether oxygens (including phenoxy) is 1. The van der Waals surface area contributed by atoms with Gasteiger partial charge in [-0.3, -0.25) is 9.59 Å². The van der Waals surface area contributed by atoms with E-state index in [9.17, 15) is 27.2 Å². The second-order valence-corrected chi connectivity index (χ2v) is 8.19. The van der Waals surface area contributed by atoms with Crippen molar-refractivity contribution in [3.8, 4) is 17.1 Å². The van der Waals surface area contributed by atoms with E-state index < -0.39 is 40.4 Å². The van der Waals surface area contributed by atoms with Gasteiger partial charge in [0.15, 0.2) is 17.4 Å².